The van der Waals surface area contributed by atoms with Crippen LogP contribution < -0.4 is 5.32 Å². The Kier molecular flexibility index (Phi) is 10.5. The van der Waals surface area contributed by atoms with Crippen molar-refractivity contribution in [2.45, 2.75) is 88.8 Å². The zero-order valence-corrected chi connectivity index (χ0v) is 26.8. The average molecular weight is 659 g/mol. The van der Waals surface area contributed by atoms with Crippen LogP contribution in [0.4, 0.5) is 18.9 Å². The largest absolute Gasteiger partial charge is 0.471 e. The first-order valence-corrected chi connectivity index (χ1v) is 16.9. The quantitative estimate of drug-likeness (QED) is 0.391. The smallest absolute Gasteiger partial charge is 0.392 e. The van der Waals surface area contributed by atoms with Crippen LogP contribution in [0, 0.1) is 5.92 Å². The summed E-state index contributed by atoms with van der Waals surface area (Å²) in [4.78, 5) is 30.8. The van der Waals surface area contributed by atoms with Gasteiger partial charge < -0.3 is 29.7 Å². The molecule has 0 aromatic heterocycles. The third-order valence-electron chi connectivity index (χ3n) is 10.2. The predicted octanol–water partition coefficient (Wildman–Crippen LogP) is 5.02. The van der Waals surface area contributed by atoms with E-state index in [1.165, 1.54) is 12.8 Å². The van der Waals surface area contributed by atoms with Gasteiger partial charge in [-0.2, -0.15) is 13.2 Å². The van der Waals surface area contributed by atoms with Crippen molar-refractivity contribution in [2.75, 3.05) is 44.6 Å². The van der Waals surface area contributed by atoms with Crippen molar-refractivity contribution in [3.8, 4) is 0 Å². The molecular formula is C35H45F3N4O5. The van der Waals surface area contributed by atoms with Gasteiger partial charge in [-0.1, -0.05) is 43.3 Å². The molecule has 0 unspecified atom stereocenters. The van der Waals surface area contributed by atoms with E-state index in [0.29, 0.717) is 28.6 Å². The van der Waals surface area contributed by atoms with Crippen molar-refractivity contribution in [3.05, 3.63) is 65.2 Å². The van der Waals surface area contributed by atoms with Crippen LogP contribution in [0.2, 0.25) is 0 Å². The van der Waals surface area contributed by atoms with Crippen LogP contribution in [0.15, 0.2) is 48.5 Å². The second kappa shape index (κ2) is 14.6. The summed E-state index contributed by atoms with van der Waals surface area (Å²) in [5.41, 5.74) is 2.84. The number of amides is 2. The number of ether oxygens (including phenoxy) is 2. The normalized spacial score (nSPS) is 29.0. The second-order valence-electron chi connectivity index (χ2n) is 13.4. The van der Waals surface area contributed by atoms with Gasteiger partial charge in [0.25, 0.3) is 0 Å². The van der Waals surface area contributed by atoms with Gasteiger partial charge >= 0.3 is 12.1 Å². The molecule has 0 saturated carbocycles. The van der Waals surface area contributed by atoms with Gasteiger partial charge in [-0.25, -0.2) is 0 Å². The summed E-state index contributed by atoms with van der Waals surface area (Å²) in [7, 11) is 0. The fourth-order valence-electron chi connectivity index (χ4n) is 7.60. The lowest BCUT2D eigenvalue weighted by Gasteiger charge is -2.43. The van der Waals surface area contributed by atoms with E-state index in [1.54, 1.807) is 18.2 Å². The van der Waals surface area contributed by atoms with Crippen LogP contribution >= 0.6 is 0 Å². The summed E-state index contributed by atoms with van der Waals surface area (Å²) in [6, 6.07) is 14.0. The van der Waals surface area contributed by atoms with Crippen LogP contribution in [0.5, 0.6) is 0 Å². The fourth-order valence-corrected chi connectivity index (χ4v) is 7.60. The second-order valence-corrected chi connectivity index (χ2v) is 13.4. The molecular weight excluding hydrogens is 613 g/mol. The summed E-state index contributed by atoms with van der Waals surface area (Å²) < 4.78 is 52.8. The lowest BCUT2D eigenvalue weighted by Crippen LogP contribution is -2.48. The number of hydrogen-bond donors (Lipinski definition) is 2. The standard InChI is InChI=1S/C35H45F3N4O5/c1-23-30(21-41-17-5-9-28(41)20-40-15-2-3-16-40)46-33(47-31(23)25-13-11-24(22-43)12-14-25)26-7-4-8-27(19-26)39-32(44)29-10-6-18-42(29)34(45)35(36,37)38/h4,7-8,11-14,19,23,28-31,33,43H,2-3,5-6,9-10,15-18,20-22H2,1H3,(H,39,44)/t23-,28+,29+,30+,31+,33+/m1/s1. The molecule has 4 fully saturated rings. The minimum Gasteiger partial charge on any atom is -0.392 e. The molecule has 2 aromatic rings. The average Bonchev–Trinajstić information content (AvgIpc) is 3.85. The maximum atomic E-state index is 13.1. The molecule has 0 spiro atoms. The molecule has 4 saturated heterocycles. The van der Waals surface area contributed by atoms with Crippen molar-refractivity contribution in [2.24, 2.45) is 5.92 Å². The Morgan fingerprint density at radius 1 is 0.915 bits per heavy atom. The zero-order chi connectivity index (χ0) is 33.1. The zero-order valence-electron chi connectivity index (χ0n) is 26.8. The first-order chi connectivity index (χ1) is 22.6. The van der Waals surface area contributed by atoms with Gasteiger partial charge in [-0.15, -0.1) is 0 Å². The number of anilines is 1. The molecule has 4 aliphatic rings. The first-order valence-electron chi connectivity index (χ1n) is 16.9. The molecule has 4 heterocycles. The van der Waals surface area contributed by atoms with Crippen LogP contribution in [-0.2, 0) is 25.7 Å². The Bertz CT molecular complexity index is 1390. The number of aliphatic hydroxyl groups excluding tert-OH is 1. The molecule has 6 atom stereocenters. The third kappa shape index (κ3) is 7.83. The van der Waals surface area contributed by atoms with Crippen LogP contribution in [0.3, 0.4) is 0 Å². The Morgan fingerprint density at radius 2 is 1.66 bits per heavy atom. The van der Waals surface area contributed by atoms with Crippen molar-refractivity contribution >= 4 is 17.5 Å². The molecule has 0 bridgehead atoms. The van der Waals surface area contributed by atoms with Crippen molar-refractivity contribution < 1.29 is 37.3 Å². The monoisotopic (exact) mass is 658 g/mol. The summed E-state index contributed by atoms with van der Waals surface area (Å²) in [6.07, 6.45) is -0.939. The SMILES string of the molecule is C[C@@H]1[C@H](CN2CCC[C@H]2CN2CCCC2)O[C@H](c2cccc(NC(=O)[C@@H]3CCCN3C(=O)C(F)(F)F)c2)O[C@@H]1c1ccc(CO)cc1. The maximum Gasteiger partial charge on any atom is 0.471 e. The van der Waals surface area contributed by atoms with E-state index in [9.17, 15) is 27.9 Å². The van der Waals surface area contributed by atoms with Crippen LogP contribution in [0.1, 0.15) is 74.5 Å². The number of likely N-dealkylation sites (tertiary alicyclic amines) is 3. The molecule has 0 aliphatic carbocycles. The van der Waals surface area contributed by atoms with E-state index in [0.717, 1.165) is 56.7 Å². The van der Waals surface area contributed by atoms with Gasteiger partial charge in [0.15, 0.2) is 6.29 Å². The number of nitrogens with zero attached hydrogens (tertiary/aromatic N) is 3. The number of rotatable bonds is 9. The lowest BCUT2D eigenvalue weighted by atomic mass is 9.90. The number of alkyl halides is 3. The van der Waals surface area contributed by atoms with Crippen molar-refractivity contribution in [1.29, 1.82) is 0 Å². The van der Waals surface area contributed by atoms with E-state index in [-0.39, 0.29) is 37.7 Å². The summed E-state index contributed by atoms with van der Waals surface area (Å²) >= 11 is 0. The minimum atomic E-state index is -5.04. The van der Waals surface area contributed by atoms with E-state index in [4.69, 9.17) is 9.47 Å². The van der Waals surface area contributed by atoms with Gasteiger partial charge in [0, 0.05) is 42.8 Å². The molecule has 2 amide bonds. The van der Waals surface area contributed by atoms with Crippen molar-refractivity contribution in [3.63, 3.8) is 0 Å². The molecule has 12 heteroatoms. The Balaban J connectivity index is 1.20. The highest BCUT2D eigenvalue weighted by Gasteiger charge is 2.48. The van der Waals surface area contributed by atoms with E-state index in [2.05, 4.69) is 22.0 Å². The van der Waals surface area contributed by atoms with Gasteiger partial charge in [0.1, 0.15) is 6.04 Å². The number of nitrogens with one attached hydrogen (secondary N) is 1. The number of hydrogen-bond acceptors (Lipinski definition) is 7. The summed E-state index contributed by atoms with van der Waals surface area (Å²) in [6.45, 7) is 7.14. The van der Waals surface area contributed by atoms with Crippen molar-refractivity contribution in [1.82, 2.24) is 14.7 Å². The highest BCUT2D eigenvalue weighted by Crippen LogP contribution is 2.43. The number of carbonyl (C=O) groups excluding carboxylic acids is 2. The highest BCUT2D eigenvalue weighted by molar-refractivity contribution is 5.98. The molecule has 2 aromatic carbocycles. The Hall–Kier alpha value is -3.03. The first kappa shape index (κ1) is 33.9. The Labute approximate surface area is 274 Å². The number of aliphatic hydroxyl groups is 1. The van der Waals surface area contributed by atoms with Gasteiger partial charge in [0.05, 0.1) is 18.8 Å². The topological polar surface area (TPSA) is 94.6 Å². The molecule has 256 valence electrons. The molecule has 47 heavy (non-hydrogen) atoms. The van der Waals surface area contributed by atoms with Gasteiger partial charge in [-0.3, -0.25) is 14.5 Å². The molecule has 0 radical (unpaired) electrons. The number of halogens is 3. The Morgan fingerprint density at radius 3 is 2.38 bits per heavy atom. The lowest BCUT2D eigenvalue weighted by molar-refractivity contribution is -0.276. The van der Waals surface area contributed by atoms with E-state index in [1.807, 2.05) is 30.3 Å². The molecule has 4 aliphatic heterocycles. The number of benzene rings is 2. The maximum absolute atomic E-state index is 13.1. The van der Waals surface area contributed by atoms with E-state index < -0.39 is 30.3 Å². The third-order valence-corrected chi connectivity index (χ3v) is 10.2. The molecule has 2 N–H and O–H groups in total. The molecule has 9 nitrogen and oxygen atoms in total. The van der Waals surface area contributed by atoms with Gasteiger partial charge in [-0.05, 0) is 81.4 Å². The minimum absolute atomic E-state index is 0.0154. The highest BCUT2D eigenvalue weighted by atomic mass is 19.4. The summed E-state index contributed by atoms with van der Waals surface area (Å²) in [5, 5.41) is 12.3. The van der Waals surface area contributed by atoms with Crippen LogP contribution in [0.25, 0.3) is 0 Å². The predicted molar refractivity (Wildman–Crippen MR) is 169 cm³/mol. The molecule has 6 rings (SSSR count). The van der Waals surface area contributed by atoms with Gasteiger partial charge in [0.2, 0.25) is 5.91 Å². The fraction of sp³-hybridized carbons (Fsp3) is 0.600. The van der Waals surface area contributed by atoms with Crippen LogP contribution in [-0.4, -0.2) is 95.3 Å². The van der Waals surface area contributed by atoms with E-state index >= 15 is 0 Å². The number of carbonyl (C=O) groups is 2. The summed E-state index contributed by atoms with van der Waals surface area (Å²) in [5.74, 6) is -2.64.